The summed E-state index contributed by atoms with van der Waals surface area (Å²) in [5, 5.41) is 0. The molecule has 0 aliphatic rings. The van der Waals surface area contributed by atoms with E-state index >= 15 is 0 Å². The monoisotopic (exact) mass is 233 g/mol. The number of nitrogens with zero attached hydrogens (tertiary/aromatic N) is 1. The van der Waals surface area contributed by atoms with E-state index in [1.165, 1.54) is 13.8 Å². The topological polar surface area (TPSA) is 39.2 Å². The second-order valence-electron chi connectivity index (χ2n) is 3.01. The molecular weight excluding hydrogens is 223 g/mol. The predicted molar refractivity (Wildman–Crippen MR) is 49.8 cm³/mol. The average molecular weight is 233 g/mol. The zero-order chi connectivity index (χ0) is 12.3. The minimum absolute atomic E-state index is 0.0116. The van der Waals surface area contributed by atoms with Crippen LogP contribution in [0.2, 0.25) is 0 Å². The van der Waals surface area contributed by atoms with Crippen LogP contribution in [-0.2, 0) is 4.74 Å². The zero-order valence-corrected chi connectivity index (χ0v) is 8.76. The van der Waals surface area contributed by atoms with Gasteiger partial charge in [-0.25, -0.2) is 18.0 Å². The lowest BCUT2D eigenvalue weighted by atomic mass is 10.1. The van der Waals surface area contributed by atoms with E-state index in [2.05, 4.69) is 9.72 Å². The highest BCUT2D eigenvalue weighted by molar-refractivity contribution is 5.91. The molecule has 0 radical (unpaired) electrons. The lowest BCUT2D eigenvalue weighted by Crippen LogP contribution is -2.13. The van der Waals surface area contributed by atoms with Crippen LogP contribution in [0, 0.1) is 12.7 Å². The van der Waals surface area contributed by atoms with Crippen LogP contribution in [0.4, 0.5) is 13.2 Å². The second kappa shape index (κ2) is 4.96. The molecule has 0 bridgehead atoms. The molecule has 0 saturated carbocycles. The van der Waals surface area contributed by atoms with E-state index in [0.717, 1.165) is 6.20 Å². The number of alkyl halides is 2. The second-order valence-corrected chi connectivity index (χ2v) is 3.01. The zero-order valence-electron chi connectivity index (χ0n) is 8.76. The fourth-order valence-corrected chi connectivity index (χ4v) is 1.17. The van der Waals surface area contributed by atoms with Gasteiger partial charge in [-0.3, -0.25) is 4.98 Å². The fraction of sp³-hybridized carbons (Fsp3) is 0.400. The molecular formula is C10H10F3NO2. The smallest absolute Gasteiger partial charge is 0.341 e. The van der Waals surface area contributed by atoms with Crippen LogP contribution in [0.15, 0.2) is 6.20 Å². The van der Waals surface area contributed by atoms with Gasteiger partial charge in [0.2, 0.25) is 0 Å². The van der Waals surface area contributed by atoms with Crippen LogP contribution in [-0.4, -0.2) is 17.6 Å². The van der Waals surface area contributed by atoms with Gasteiger partial charge in [0.05, 0.1) is 17.9 Å². The molecule has 0 N–H and O–H groups in total. The first-order valence-corrected chi connectivity index (χ1v) is 4.59. The van der Waals surface area contributed by atoms with Gasteiger partial charge in [-0.2, -0.15) is 0 Å². The van der Waals surface area contributed by atoms with Crippen molar-refractivity contribution < 1.29 is 22.7 Å². The maximum atomic E-state index is 13.5. The third-order valence-corrected chi connectivity index (χ3v) is 1.94. The number of ether oxygens (including phenoxy) is 1. The Morgan fingerprint density at radius 2 is 2.19 bits per heavy atom. The van der Waals surface area contributed by atoms with Crippen LogP contribution in [0.25, 0.3) is 0 Å². The summed E-state index contributed by atoms with van der Waals surface area (Å²) in [5.74, 6) is -2.16. The molecule has 0 unspecified atom stereocenters. The summed E-state index contributed by atoms with van der Waals surface area (Å²) in [4.78, 5) is 14.8. The van der Waals surface area contributed by atoms with E-state index < -0.39 is 29.3 Å². The molecule has 0 saturated heterocycles. The predicted octanol–water partition coefficient (Wildman–Crippen LogP) is 2.64. The van der Waals surface area contributed by atoms with Gasteiger partial charge in [-0.15, -0.1) is 0 Å². The molecule has 0 spiro atoms. The minimum Gasteiger partial charge on any atom is -0.462 e. The molecule has 0 aliphatic carbocycles. The minimum atomic E-state index is -2.97. The average Bonchev–Trinajstić information content (AvgIpc) is 2.21. The van der Waals surface area contributed by atoms with Crippen molar-refractivity contribution in [1.29, 1.82) is 0 Å². The Bertz CT molecular complexity index is 407. The number of aromatic nitrogens is 1. The Kier molecular flexibility index (Phi) is 3.87. The van der Waals surface area contributed by atoms with Crippen LogP contribution >= 0.6 is 0 Å². The summed E-state index contributed by atoms with van der Waals surface area (Å²) in [5.41, 5.74) is -1.60. The summed E-state index contributed by atoms with van der Waals surface area (Å²) >= 11 is 0. The third-order valence-electron chi connectivity index (χ3n) is 1.94. The van der Waals surface area contributed by atoms with Gasteiger partial charge in [0.25, 0.3) is 6.43 Å². The molecule has 1 rings (SSSR count). The number of hydrogen-bond donors (Lipinski definition) is 0. The molecule has 6 heteroatoms. The molecule has 88 valence electrons. The number of hydrogen-bond acceptors (Lipinski definition) is 3. The number of pyridine rings is 1. The van der Waals surface area contributed by atoms with E-state index in [0.29, 0.717) is 0 Å². The molecule has 0 aliphatic heterocycles. The first-order chi connectivity index (χ1) is 7.49. The lowest BCUT2D eigenvalue weighted by Gasteiger charge is -2.09. The Labute approximate surface area is 90.2 Å². The van der Waals surface area contributed by atoms with Crippen molar-refractivity contribution in [1.82, 2.24) is 4.98 Å². The van der Waals surface area contributed by atoms with Crippen molar-refractivity contribution in [2.24, 2.45) is 0 Å². The van der Waals surface area contributed by atoms with Crippen LogP contribution < -0.4 is 0 Å². The fourth-order valence-electron chi connectivity index (χ4n) is 1.17. The molecule has 0 atom stereocenters. The van der Waals surface area contributed by atoms with Crippen molar-refractivity contribution in [3.8, 4) is 0 Å². The van der Waals surface area contributed by atoms with Gasteiger partial charge in [-0.1, -0.05) is 0 Å². The Hall–Kier alpha value is -1.59. The largest absolute Gasteiger partial charge is 0.462 e. The van der Waals surface area contributed by atoms with E-state index in [9.17, 15) is 18.0 Å². The maximum Gasteiger partial charge on any atom is 0.341 e. The van der Waals surface area contributed by atoms with Crippen LogP contribution in [0.1, 0.15) is 35.0 Å². The van der Waals surface area contributed by atoms with Crippen LogP contribution in [0.3, 0.4) is 0 Å². The van der Waals surface area contributed by atoms with Gasteiger partial charge >= 0.3 is 5.97 Å². The summed E-state index contributed by atoms with van der Waals surface area (Å²) in [7, 11) is 0. The number of rotatable bonds is 3. The molecule has 0 amide bonds. The highest BCUT2D eigenvalue weighted by Gasteiger charge is 2.25. The van der Waals surface area contributed by atoms with E-state index in [-0.39, 0.29) is 12.3 Å². The van der Waals surface area contributed by atoms with Crippen molar-refractivity contribution in [2.45, 2.75) is 20.3 Å². The van der Waals surface area contributed by atoms with Crippen molar-refractivity contribution in [2.75, 3.05) is 6.61 Å². The van der Waals surface area contributed by atoms with E-state index in [1.54, 1.807) is 0 Å². The standard InChI is InChI=1S/C10H10F3NO2/c1-3-16-10(15)7-6(9(12)13)4-14-5(2)8(7)11/h4,9H,3H2,1-2H3. The molecule has 3 nitrogen and oxygen atoms in total. The Morgan fingerprint density at radius 1 is 1.56 bits per heavy atom. The number of carbonyl (C=O) groups is 1. The van der Waals surface area contributed by atoms with E-state index in [1.807, 2.05) is 0 Å². The number of esters is 1. The normalized spacial score (nSPS) is 10.6. The first-order valence-electron chi connectivity index (χ1n) is 4.59. The van der Waals surface area contributed by atoms with Gasteiger partial charge in [0.1, 0.15) is 5.56 Å². The van der Waals surface area contributed by atoms with Gasteiger partial charge in [0.15, 0.2) is 5.82 Å². The number of aryl methyl sites for hydroxylation is 1. The third kappa shape index (κ3) is 2.32. The summed E-state index contributed by atoms with van der Waals surface area (Å²) < 4.78 is 43.1. The molecule has 1 heterocycles. The van der Waals surface area contributed by atoms with Gasteiger partial charge in [-0.05, 0) is 13.8 Å². The van der Waals surface area contributed by atoms with Crippen molar-refractivity contribution in [3.05, 3.63) is 28.8 Å². The highest BCUT2D eigenvalue weighted by Crippen LogP contribution is 2.25. The molecule has 1 aromatic heterocycles. The summed E-state index contributed by atoms with van der Waals surface area (Å²) in [6.07, 6.45) is -2.18. The van der Waals surface area contributed by atoms with Gasteiger partial charge < -0.3 is 4.74 Å². The first kappa shape index (κ1) is 12.5. The SMILES string of the molecule is CCOC(=O)c1c(C(F)F)cnc(C)c1F. The lowest BCUT2D eigenvalue weighted by molar-refractivity contribution is 0.0508. The Balaban J connectivity index is 3.31. The van der Waals surface area contributed by atoms with E-state index in [4.69, 9.17) is 0 Å². The summed E-state index contributed by atoms with van der Waals surface area (Å²) in [6.45, 7) is 2.78. The number of halogens is 3. The number of carbonyl (C=O) groups excluding carboxylic acids is 1. The molecule has 16 heavy (non-hydrogen) atoms. The maximum absolute atomic E-state index is 13.5. The van der Waals surface area contributed by atoms with Crippen molar-refractivity contribution >= 4 is 5.97 Å². The highest BCUT2D eigenvalue weighted by atomic mass is 19.3. The van der Waals surface area contributed by atoms with Gasteiger partial charge in [0, 0.05) is 6.20 Å². The molecule has 0 fully saturated rings. The quantitative estimate of drug-likeness (QED) is 0.753. The summed E-state index contributed by atoms with van der Waals surface area (Å²) in [6, 6.07) is 0. The Morgan fingerprint density at radius 3 is 2.69 bits per heavy atom. The van der Waals surface area contributed by atoms with Crippen molar-refractivity contribution in [3.63, 3.8) is 0 Å². The molecule has 1 aromatic rings. The molecule has 0 aromatic carbocycles. The van der Waals surface area contributed by atoms with Crippen LogP contribution in [0.5, 0.6) is 0 Å².